The number of allylic oxidation sites excluding steroid dienone is 1. The van der Waals surface area contributed by atoms with Crippen molar-refractivity contribution >= 4 is 11.7 Å². The number of aromatic hydroxyl groups is 1. The summed E-state index contributed by atoms with van der Waals surface area (Å²) in [4.78, 5) is 11.1. The van der Waals surface area contributed by atoms with Crippen LogP contribution in [0.15, 0.2) is 36.0 Å². The molecule has 4 nitrogen and oxygen atoms in total. The zero-order valence-electron chi connectivity index (χ0n) is 9.36. The van der Waals surface area contributed by atoms with Crippen LogP contribution in [0.25, 0.3) is 0 Å². The minimum Gasteiger partial charge on any atom is -0.508 e. The molecule has 0 saturated heterocycles. The van der Waals surface area contributed by atoms with Crippen molar-refractivity contribution in [2.45, 2.75) is 13.8 Å². The molecular formula is C12H15NO3. The maximum Gasteiger partial charge on any atom is 0.332 e. The number of anilines is 1. The zero-order valence-corrected chi connectivity index (χ0v) is 9.36. The van der Waals surface area contributed by atoms with Crippen LogP contribution in [0.2, 0.25) is 0 Å². The van der Waals surface area contributed by atoms with Gasteiger partial charge in [-0.3, -0.25) is 0 Å². The molecule has 0 bridgehead atoms. The Kier molecular flexibility index (Phi) is 4.39. The van der Waals surface area contributed by atoms with Crippen molar-refractivity contribution in [3.8, 4) is 5.75 Å². The average molecular weight is 221 g/mol. The van der Waals surface area contributed by atoms with E-state index in [1.54, 1.807) is 38.1 Å². The van der Waals surface area contributed by atoms with Gasteiger partial charge in [0, 0.05) is 17.5 Å². The molecule has 1 aromatic rings. The summed E-state index contributed by atoms with van der Waals surface area (Å²) in [6, 6.07) is 6.58. The van der Waals surface area contributed by atoms with E-state index in [-0.39, 0.29) is 11.7 Å². The Bertz CT molecular complexity index is 382. The Morgan fingerprint density at radius 2 is 2.06 bits per heavy atom. The lowest BCUT2D eigenvalue weighted by Crippen LogP contribution is -2.04. The van der Waals surface area contributed by atoms with Crippen LogP contribution in [-0.2, 0) is 9.53 Å². The third-order valence-corrected chi connectivity index (χ3v) is 1.83. The summed E-state index contributed by atoms with van der Waals surface area (Å²) in [5, 5.41) is 12.1. The summed E-state index contributed by atoms with van der Waals surface area (Å²) < 4.78 is 4.77. The molecule has 0 aromatic heterocycles. The van der Waals surface area contributed by atoms with Gasteiger partial charge in [-0.2, -0.15) is 0 Å². The van der Waals surface area contributed by atoms with E-state index in [4.69, 9.17) is 9.84 Å². The molecule has 0 fully saturated rings. The van der Waals surface area contributed by atoms with E-state index in [1.165, 1.54) is 6.08 Å². The number of benzene rings is 1. The minimum absolute atomic E-state index is 0.206. The highest BCUT2D eigenvalue weighted by Crippen LogP contribution is 2.15. The molecule has 2 N–H and O–H groups in total. The van der Waals surface area contributed by atoms with Gasteiger partial charge in [0.1, 0.15) is 5.75 Å². The second-order valence-corrected chi connectivity index (χ2v) is 3.25. The summed E-state index contributed by atoms with van der Waals surface area (Å²) in [6.07, 6.45) is 1.39. The summed E-state index contributed by atoms with van der Waals surface area (Å²) in [6.45, 7) is 3.89. The molecule has 0 aliphatic heterocycles. The number of esters is 1. The molecule has 4 heteroatoms. The van der Waals surface area contributed by atoms with Gasteiger partial charge < -0.3 is 15.2 Å². The van der Waals surface area contributed by atoms with Crippen molar-refractivity contribution in [1.82, 2.24) is 0 Å². The largest absolute Gasteiger partial charge is 0.508 e. The maximum atomic E-state index is 11.1. The lowest BCUT2D eigenvalue weighted by Gasteiger charge is -2.06. The number of carbonyl (C=O) groups is 1. The van der Waals surface area contributed by atoms with Crippen molar-refractivity contribution in [2.24, 2.45) is 0 Å². The zero-order chi connectivity index (χ0) is 12.0. The second-order valence-electron chi connectivity index (χ2n) is 3.25. The van der Waals surface area contributed by atoms with Gasteiger partial charge in [0.25, 0.3) is 0 Å². The molecule has 16 heavy (non-hydrogen) atoms. The Morgan fingerprint density at radius 3 is 2.62 bits per heavy atom. The number of phenolic OH excluding ortho intramolecular Hbond substituents is 1. The first-order valence-electron chi connectivity index (χ1n) is 5.03. The van der Waals surface area contributed by atoms with Crippen LogP contribution < -0.4 is 5.32 Å². The van der Waals surface area contributed by atoms with Crippen LogP contribution in [-0.4, -0.2) is 17.7 Å². The van der Waals surface area contributed by atoms with Crippen LogP contribution in [0.5, 0.6) is 5.75 Å². The summed E-state index contributed by atoms with van der Waals surface area (Å²) in [5.41, 5.74) is 1.49. The van der Waals surface area contributed by atoms with Crippen LogP contribution in [0, 0.1) is 0 Å². The van der Waals surface area contributed by atoms with Crippen LogP contribution in [0.1, 0.15) is 13.8 Å². The fourth-order valence-corrected chi connectivity index (χ4v) is 1.17. The first kappa shape index (κ1) is 12.1. The number of rotatable bonds is 4. The molecule has 86 valence electrons. The van der Waals surface area contributed by atoms with E-state index in [0.29, 0.717) is 12.3 Å². The van der Waals surface area contributed by atoms with E-state index >= 15 is 0 Å². The molecule has 0 amide bonds. The predicted molar refractivity (Wildman–Crippen MR) is 62.1 cm³/mol. The van der Waals surface area contributed by atoms with Crippen LogP contribution in [0.4, 0.5) is 5.69 Å². The first-order valence-corrected chi connectivity index (χ1v) is 5.03. The van der Waals surface area contributed by atoms with E-state index in [1.807, 2.05) is 0 Å². The molecule has 1 aromatic carbocycles. The highest BCUT2D eigenvalue weighted by atomic mass is 16.5. The number of hydrogen-bond donors (Lipinski definition) is 2. The van der Waals surface area contributed by atoms with Crippen molar-refractivity contribution in [1.29, 1.82) is 0 Å². The maximum absolute atomic E-state index is 11.1. The molecule has 1 rings (SSSR count). The summed E-state index contributed by atoms with van der Waals surface area (Å²) >= 11 is 0. The Hall–Kier alpha value is -1.97. The number of ether oxygens (including phenoxy) is 1. The molecule has 0 unspecified atom stereocenters. The van der Waals surface area contributed by atoms with Gasteiger partial charge in [-0.05, 0) is 38.1 Å². The normalized spacial score (nSPS) is 11.0. The van der Waals surface area contributed by atoms with E-state index in [0.717, 1.165) is 5.69 Å². The van der Waals surface area contributed by atoms with Crippen LogP contribution in [0.3, 0.4) is 0 Å². The molecule has 0 spiro atoms. The molecule has 0 radical (unpaired) electrons. The number of carbonyl (C=O) groups excluding carboxylic acids is 1. The molecule has 0 aliphatic carbocycles. The molecule has 0 saturated carbocycles. The van der Waals surface area contributed by atoms with Gasteiger partial charge in [0.15, 0.2) is 0 Å². The number of hydrogen-bond acceptors (Lipinski definition) is 4. The lowest BCUT2D eigenvalue weighted by atomic mass is 10.3. The molecule has 0 atom stereocenters. The fraction of sp³-hybridized carbons (Fsp3) is 0.250. The quantitative estimate of drug-likeness (QED) is 0.465. The standard InChI is InChI=1S/C12H15NO3/c1-3-16-12(15)8-9(2)13-10-4-6-11(14)7-5-10/h4-8,13-14H,3H2,1-2H3. The van der Waals surface area contributed by atoms with Gasteiger partial charge in [-0.1, -0.05) is 0 Å². The van der Waals surface area contributed by atoms with Gasteiger partial charge in [0.2, 0.25) is 0 Å². The average Bonchev–Trinajstić information content (AvgIpc) is 2.21. The van der Waals surface area contributed by atoms with Crippen molar-refractivity contribution < 1.29 is 14.6 Å². The first-order chi connectivity index (χ1) is 7.61. The van der Waals surface area contributed by atoms with Crippen molar-refractivity contribution in [3.63, 3.8) is 0 Å². The second kappa shape index (κ2) is 5.80. The van der Waals surface area contributed by atoms with Crippen molar-refractivity contribution in [3.05, 3.63) is 36.0 Å². The SMILES string of the molecule is CCOC(=O)C=C(C)Nc1ccc(O)cc1. The van der Waals surface area contributed by atoms with E-state index < -0.39 is 0 Å². The van der Waals surface area contributed by atoms with E-state index in [2.05, 4.69) is 5.32 Å². The third kappa shape index (κ3) is 4.04. The summed E-state index contributed by atoms with van der Waals surface area (Å²) in [7, 11) is 0. The van der Waals surface area contributed by atoms with Gasteiger partial charge in [0.05, 0.1) is 6.61 Å². The monoisotopic (exact) mass is 221 g/mol. The Balaban J connectivity index is 2.60. The van der Waals surface area contributed by atoms with Gasteiger partial charge in [-0.25, -0.2) is 4.79 Å². The number of nitrogens with one attached hydrogen (secondary N) is 1. The Labute approximate surface area is 94.6 Å². The van der Waals surface area contributed by atoms with E-state index in [9.17, 15) is 4.79 Å². The third-order valence-electron chi connectivity index (χ3n) is 1.83. The highest BCUT2D eigenvalue weighted by Gasteiger charge is 1.98. The smallest absolute Gasteiger partial charge is 0.332 e. The predicted octanol–water partition coefficient (Wildman–Crippen LogP) is 2.27. The molecule has 0 heterocycles. The Morgan fingerprint density at radius 1 is 1.44 bits per heavy atom. The fourth-order valence-electron chi connectivity index (χ4n) is 1.17. The summed E-state index contributed by atoms with van der Waals surface area (Å²) in [5.74, 6) is -0.163. The van der Waals surface area contributed by atoms with Crippen LogP contribution >= 0.6 is 0 Å². The highest BCUT2D eigenvalue weighted by molar-refractivity contribution is 5.83. The lowest BCUT2D eigenvalue weighted by molar-refractivity contribution is -0.137. The number of phenols is 1. The van der Waals surface area contributed by atoms with Gasteiger partial charge in [-0.15, -0.1) is 0 Å². The molecule has 0 aliphatic rings. The van der Waals surface area contributed by atoms with Crippen molar-refractivity contribution in [2.75, 3.05) is 11.9 Å². The topological polar surface area (TPSA) is 58.6 Å². The van der Waals surface area contributed by atoms with Gasteiger partial charge >= 0.3 is 5.97 Å². The minimum atomic E-state index is -0.369. The molecular weight excluding hydrogens is 206 g/mol.